The van der Waals surface area contributed by atoms with E-state index in [9.17, 15) is 4.79 Å². The molecule has 1 amide bonds. The summed E-state index contributed by atoms with van der Waals surface area (Å²) >= 11 is 0. The minimum atomic E-state index is 0.0825. The Kier molecular flexibility index (Phi) is 6.44. The molecule has 0 aliphatic carbocycles. The molecule has 0 aromatic heterocycles. The molecule has 0 radical (unpaired) electrons. The molecular weight excluding hydrogens is 226 g/mol. The Hall–Kier alpha value is -1.35. The first kappa shape index (κ1) is 14.7. The molecule has 1 atom stereocenters. The van der Waals surface area contributed by atoms with Crippen LogP contribution in [0.15, 0.2) is 24.3 Å². The molecule has 0 fully saturated rings. The number of benzene rings is 1. The molecule has 0 saturated carbocycles. The van der Waals surface area contributed by atoms with Crippen molar-refractivity contribution in [2.24, 2.45) is 0 Å². The van der Waals surface area contributed by atoms with E-state index in [1.807, 2.05) is 0 Å². The molecule has 0 aliphatic rings. The summed E-state index contributed by atoms with van der Waals surface area (Å²) in [7, 11) is 1.63. The SMILES string of the molecule is CCc1ccc(C(C)CC(=O)NCCOC)cc1. The molecule has 0 aliphatic heterocycles. The number of hydrogen-bond donors (Lipinski definition) is 1. The number of rotatable bonds is 7. The molecule has 3 nitrogen and oxygen atoms in total. The lowest BCUT2D eigenvalue weighted by Gasteiger charge is -2.12. The van der Waals surface area contributed by atoms with Gasteiger partial charge in [-0.1, -0.05) is 38.1 Å². The zero-order chi connectivity index (χ0) is 13.4. The lowest BCUT2D eigenvalue weighted by Crippen LogP contribution is -2.27. The average molecular weight is 249 g/mol. The van der Waals surface area contributed by atoms with Gasteiger partial charge in [-0.3, -0.25) is 4.79 Å². The molecule has 1 aromatic rings. The number of carbonyl (C=O) groups excluding carboxylic acids is 1. The fourth-order valence-corrected chi connectivity index (χ4v) is 1.84. The summed E-state index contributed by atoms with van der Waals surface area (Å²) in [6.45, 7) is 5.36. The minimum Gasteiger partial charge on any atom is -0.383 e. The quantitative estimate of drug-likeness (QED) is 0.754. The van der Waals surface area contributed by atoms with Crippen LogP contribution in [-0.4, -0.2) is 26.2 Å². The summed E-state index contributed by atoms with van der Waals surface area (Å²) < 4.78 is 4.89. The number of amides is 1. The first-order valence-electron chi connectivity index (χ1n) is 6.51. The van der Waals surface area contributed by atoms with Gasteiger partial charge in [-0.15, -0.1) is 0 Å². The van der Waals surface area contributed by atoms with Crippen molar-refractivity contribution in [3.05, 3.63) is 35.4 Å². The first-order valence-corrected chi connectivity index (χ1v) is 6.51. The Balaban J connectivity index is 2.43. The number of nitrogens with one attached hydrogen (secondary N) is 1. The van der Waals surface area contributed by atoms with Crippen LogP contribution in [0.4, 0.5) is 0 Å². The molecule has 3 heteroatoms. The van der Waals surface area contributed by atoms with Crippen molar-refractivity contribution in [3.8, 4) is 0 Å². The van der Waals surface area contributed by atoms with E-state index in [1.54, 1.807) is 7.11 Å². The maximum absolute atomic E-state index is 11.7. The van der Waals surface area contributed by atoms with Crippen molar-refractivity contribution in [1.29, 1.82) is 0 Å². The van der Waals surface area contributed by atoms with Crippen molar-refractivity contribution >= 4 is 5.91 Å². The summed E-state index contributed by atoms with van der Waals surface area (Å²) in [5, 5.41) is 2.84. The molecule has 0 bridgehead atoms. The highest BCUT2D eigenvalue weighted by molar-refractivity contribution is 5.76. The van der Waals surface area contributed by atoms with Crippen molar-refractivity contribution in [1.82, 2.24) is 5.32 Å². The fraction of sp³-hybridized carbons (Fsp3) is 0.533. The van der Waals surface area contributed by atoms with E-state index in [0.29, 0.717) is 19.6 Å². The fourth-order valence-electron chi connectivity index (χ4n) is 1.84. The number of hydrogen-bond acceptors (Lipinski definition) is 2. The van der Waals surface area contributed by atoms with Gasteiger partial charge in [0.1, 0.15) is 0 Å². The van der Waals surface area contributed by atoms with Gasteiger partial charge >= 0.3 is 0 Å². The van der Waals surface area contributed by atoms with Crippen molar-refractivity contribution < 1.29 is 9.53 Å². The second-order valence-corrected chi connectivity index (χ2v) is 4.54. The van der Waals surface area contributed by atoms with Gasteiger partial charge < -0.3 is 10.1 Å². The highest BCUT2D eigenvalue weighted by Crippen LogP contribution is 2.19. The zero-order valence-corrected chi connectivity index (χ0v) is 11.5. The summed E-state index contributed by atoms with van der Waals surface area (Å²) in [4.78, 5) is 11.7. The highest BCUT2D eigenvalue weighted by atomic mass is 16.5. The van der Waals surface area contributed by atoms with Crippen LogP contribution < -0.4 is 5.32 Å². The average Bonchev–Trinajstić information content (AvgIpc) is 2.39. The highest BCUT2D eigenvalue weighted by Gasteiger charge is 2.10. The van der Waals surface area contributed by atoms with Gasteiger partial charge in [0.15, 0.2) is 0 Å². The molecule has 18 heavy (non-hydrogen) atoms. The van der Waals surface area contributed by atoms with Gasteiger partial charge in [0.2, 0.25) is 5.91 Å². The van der Waals surface area contributed by atoms with Gasteiger partial charge in [0, 0.05) is 20.1 Å². The van der Waals surface area contributed by atoms with E-state index < -0.39 is 0 Å². The van der Waals surface area contributed by atoms with E-state index in [4.69, 9.17) is 4.74 Å². The van der Waals surface area contributed by atoms with E-state index in [1.165, 1.54) is 11.1 Å². The van der Waals surface area contributed by atoms with E-state index in [-0.39, 0.29) is 11.8 Å². The molecule has 1 unspecified atom stereocenters. The van der Waals surface area contributed by atoms with Crippen molar-refractivity contribution in [2.45, 2.75) is 32.6 Å². The third-order valence-electron chi connectivity index (χ3n) is 3.08. The Labute approximate surface area is 110 Å². The summed E-state index contributed by atoms with van der Waals surface area (Å²) in [5.41, 5.74) is 2.55. The van der Waals surface area contributed by atoms with Crippen LogP contribution in [0.2, 0.25) is 0 Å². The van der Waals surface area contributed by atoms with Crippen LogP contribution in [-0.2, 0) is 16.0 Å². The number of ether oxygens (including phenoxy) is 1. The van der Waals surface area contributed by atoms with E-state index in [0.717, 1.165) is 6.42 Å². The number of methoxy groups -OCH3 is 1. The Bertz CT molecular complexity index is 359. The molecule has 100 valence electrons. The Morgan fingerprint density at radius 1 is 1.33 bits per heavy atom. The number of carbonyl (C=O) groups is 1. The second-order valence-electron chi connectivity index (χ2n) is 4.54. The summed E-state index contributed by atoms with van der Waals surface area (Å²) in [5.74, 6) is 0.331. The molecular formula is C15H23NO2. The predicted octanol–water partition coefficient (Wildman–Crippen LogP) is 2.51. The number of aryl methyl sites for hydroxylation is 1. The summed E-state index contributed by atoms with van der Waals surface area (Å²) in [6, 6.07) is 8.50. The molecule has 1 rings (SSSR count). The van der Waals surface area contributed by atoms with Gasteiger partial charge in [-0.2, -0.15) is 0 Å². The normalized spacial score (nSPS) is 12.2. The molecule has 0 heterocycles. The molecule has 1 N–H and O–H groups in total. The van der Waals surface area contributed by atoms with E-state index >= 15 is 0 Å². The standard InChI is InChI=1S/C15H23NO2/c1-4-13-5-7-14(8-6-13)12(2)11-15(17)16-9-10-18-3/h5-8,12H,4,9-11H2,1-3H3,(H,16,17). The van der Waals surface area contributed by atoms with Crippen LogP contribution >= 0.6 is 0 Å². The lowest BCUT2D eigenvalue weighted by molar-refractivity contribution is -0.121. The predicted molar refractivity (Wildman–Crippen MR) is 73.7 cm³/mol. The third kappa shape index (κ3) is 4.88. The Morgan fingerprint density at radius 3 is 2.56 bits per heavy atom. The topological polar surface area (TPSA) is 38.3 Å². The Morgan fingerprint density at radius 2 is 2.00 bits per heavy atom. The minimum absolute atomic E-state index is 0.0825. The van der Waals surface area contributed by atoms with Crippen molar-refractivity contribution in [2.75, 3.05) is 20.3 Å². The molecule has 0 saturated heterocycles. The van der Waals surface area contributed by atoms with Crippen LogP contribution in [0.25, 0.3) is 0 Å². The van der Waals surface area contributed by atoms with Gasteiger partial charge in [-0.25, -0.2) is 0 Å². The second kappa shape index (κ2) is 7.88. The van der Waals surface area contributed by atoms with E-state index in [2.05, 4.69) is 43.4 Å². The van der Waals surface area contributed by atoms with Gasteiger partial charge in [0.05, 0.1) is 6.61 Å². The molecule has 0 spiro atoms. The zero-order valence-electron chi connectivity index (χ0n) is 11.5. The largest absolute Gasteiger partial charge is 0.383 e. The third-order valence-corrected chi connectivity index (χ3v) is 3.08. The maximum Gasteiger partial charge on any atom is 0.220 e. The van der Waals surface area contributed by atoms with Gasteiger partial charge in [-0.05, 0) is 23.5 Å². The first-order chi connectivity index (χ1) is 8.67. The maximum atomic E-state index is 11.7. The summed E-state index contributed by atoms with van der Waals surface area (Å²) in [6.07, 6.45) is 1.57. The van der Waals surface area contributed by atoms with Crippen LogP contribution in [0.3, 0.4) is 0 Å². The van der Waals surface area contributed by atoms with Crippen LogP contribution in [0.5, 0.6) is 0 Å². The van der Waals surface area contributed by atoms with Crippen LogP contribution in [0.1, 0.15) is 37.3 Å². The lowest BCUT2D eigenvalue weighted by atomic mass is 9.96. The van der Waals surface area contributed by atoms with Crippen molar-refractivity contribution in [3.63, 3.8) is 0 Å². The monoisotopic (exact) mass is 249 g/mol. The molecule has 1 aromatic carbocycles. The van der Waals surface area contributed by atoms with Crippen LogP contribution in [0, 0.1) is 0 Å². The van der Waals surface area contributed by atoms with Gasteiger partial charge in [0.25, 0.3) is 0 Å². The smallest absolute Gasteiger partial charge is 0.220 e.